The summed E-state index contributed by atoms with van der Waals surface area (Å²) in [5.41, 5.74) is 2.28. The van der Waals surface area contributed by atoms with Crippen LogP contribution in [0.4, 0.5) is 22.2 Å². The van der Waals surface area contributed by atoms with Crippen LogP contribution in [0.2, 0.25) is 0 Å². The zero-order valence-electron chi connectivity index (χ0n) is 14.6. The first-order valence-corrected chi connectivity index (χ1v) is 9.30. The normalized spacial score (nSPS) is 11.5. The summed E-state index contributed by atoms with van der Waals surface area (Å²) in [4.78, 5) is 14.8. The number of nitrogens with zero attached hydrogens (tertiary/aromatic N) is 4. The van der Waals surface area contributed by atoms with Gasteiger partial charge in [0.15, 0.2) is 0 Å². The van der Waals surface area contributed by atoms with E-state index in [9.17, 15) is 10.1 Å². The lowest BCUT2D eigenvalue weighted by Crippen LogP contribution is -2.05. The Bertz CT molecular complexity index is 1200. The smallest absolute Gasteiger partial charge is 0.270 e. The standard InChI is InChI=1S/C19H15N5O3S/c25-10-9-20-15-7-8-16(14-4-2-1-3-13(14)15)22-23-19-21-17-6-5-12(24(26)27)11-18(17)28-19/h1-8,11,20,25H,9-10H2. The van der Waals surface area contributed by atoms with Gasteiger partial charge >= 0.3 is 0 Å². The van der Waals surface area contributed by atoms with Gasteiger partial charge in [0.1, 0.15) is 0 Å². The fourth-order valence-electron chi connectivity index (χ4n) is 2.87. The van der Waals surface area contributed by atoms with E-state index in [0.29, 0.717) is 27.6 Å². The Hall–Kier alpha value is -3.43. The Labute approximate surface area is 163 Å². The number of aliphatic hydroxyl groups excluding tert-OH is 1. The third kappa shape index (κ3) is 3.53. The molecule has 1 heterocycles. The maximum Gasteiger partial charge on any atom is 0.270 e. The zero-order chi connectivity index (χ0) is 19.5. The second kappa shape index (κ2) is 7.67. The van der Waals surface area contributed by atoms with Gasteiger partial charge in [0.2, 0.25) is 5.13 Å². The van der Waals surface area contributed by atoms with E-state index >= 15 is 0 Å². The number of fused-ring (bicyclic) bond motifs is 2. The first kappa shape index (κ1) is 18.0. The van der Waals surface area contributed by atoms with Gasteiger partial charge in [-0.1, -0.05) is 35.6 Å². The highest BCUT2D eigenvalue weighted by Crippen LogP contribution is 2.35. The quantitative estimate of drug-likeness (QED) is 0.266. The Kier molecular flexibility index (Phi) is 4.92. The molecule has 0 bridgehead atoms. The van der Waals surface area contributed by atoms with Crippen molar-refractivity contribution in [3.63, 3.8) is 0 Å². The molecular weight excluding hydrogens is 378 g/mol. The lowest BCUT2D eigenvalue weighted by Gasteiger charge is -2.09. The van der Waals surface area contributed by atoms with Crippen LogP contribution >= 0.6 is 11.3 Å². The fraction of sp³-hybridized carbons (Fsp3) is 0.105. The van der Waals surface area contributed by atoms with Crippen LogP contribution in [0, 0.1) is 10.1 Å². The largest absolute Gasteiger partial charge is 0.395 e. The van der Waals surface area contributed by atoms with Crippen LogP contribution in [0.25, 0.3) is 21.0 Å². The Balaban J connectivity index is 1.69. The summed E-state index contributed by atoms with van der Waals surface area (Å²) >= 11 is 1.25. The van der Waals surface area contributed by atoms with Gasteiger partial charge in [-0.2, -0.15) is 0 Å². The molecule has 8 nitrogen and oxygen atoms in total. The molecule has 0 aliphatic carbocycles. The van der Waals surface area contributed by atoms with Gasteiger partial charge in [-0.25, -0.2) is 4.98 Å². The predicted octanol–water partition coefficient (Wildman–Crippen LogP) is 5.18. The summed E-state index contributed by atoms with van der Waals surface area (Å²) in [6, 6.07) is 16.1. The highest BCUT2D eigenvalue weighted by molar-refractivity contribution is 7.21. The molecule has 4 aromatic rings. The number of hydrogen-bond donors (Lipinski definition) is 2. The molecule has 0 fully saturated rings. The van der Waals surface area contributed by atoms with E-state index in [1.165, 1.54) is 23.5 Å². The molecule has 1 aromatic heterocycles. The summed E-state index contributed by atoms with van der Waals surface area (Å²) in [6.45, 7) is 0.508. The maximum atomic E-state index is 10.9. The van der Waals surface area contributed by atoms with E-state index in [0.717, 1.165) is 16.5 Å². The second-order valence-electron chi connectivity index (χ2n) is 5.93. The number of aromatic nitrogens is 1. The number of rotatable bonds is 6. The van der Waals surface area contributed by atoms with Crippen molar-refractivity contribution >= 4 is 54.5 Å². The van der Waals surface area contributed by atoms with Gasteiger partial charge in [-0.3, -0.25) is 10.1 Å². The summed E-state index contributed by atoms with van der Waals surface area (Å²) in [7, 11) is 0. The minimum atomic E-state index is -0.432. The lowest BCUT2D eigenvalue weighted by molar-refractivity contribution is -0.384. The Morgan fingerprint density at radius 1 is 1.11 bits per heavy atom. The van der Waals surface area contributed by atoms with Gasteiger partial charge in [0, 0.05) is 35.1 Å². The minimum absolute atomic E-state index is 0.0246. The number of nitro benzene ring substituents is 1. The third-order valence-electron chi connectivity index (χ3n) is 4.14. The molecule has 2 N–H and O–H groups in total. The molecule has 0 saturated carbocycles. The van der Waals surface area contributed by atoms with E-state index in [1.54, 1.807) is 6.07 Å². The number of benzene rings is 3. The fourth-order valence-corrected chi connectivity index (χ4v) is 3.69. The number of nitro groups is 1. The molecule has 0 amide bonds. The van der Waals surface area contributed by atoms with E-state index in [2.05, 4.69) is 20.5 Å². The number of anilines is 1. The average Bonchev–Trinajstić information content (AvgIpc) is 3.13. The molecular formula is C19H15N5O3S. The lowest BCUT2D eigenvalue weighted by atomic mass is 10.1. The molecule has 0 unspecified atom stereocenters. The summed E-state index contributed by atoms with van der Waals surface area (Å²) in [6.07, 6.45) is 0. The van der Waals surface area contributed by atoms with Gasteiger partial charge in [0.25, 0.3) is 5.69 Å². The van der Waals surface area contributed by atoms with Crippen LogP contribution in [0.1, 0.15) is 0 Å². The highest BCUT2D eigenvalue weighted by Gasteiger charge is 2.10. The van der Waals surface area contributed by atoms with Crippen LogP contribution in [-0.4, -0.2) is 28.2 Å². The minimum Gasteiger partial charge on any atom is -0.395 e. The number of thiazole rings is 1. The molecule has 0 atom stereocenters. The Morgan fingerprint density at radius 3 is 2.71 bits per heavy atom. The van der Waals surface area contributed by atoms with Crippen molar-refractivity contribution in [2.45, 2.75) is 0 Å². The van der Waals surface area contributed by atoms with Crippen LogP contribution in [-0.2, 0) is 0 Å². The van der Waals surface area contributed by atoms with Crippen molar-refractivity contribution < 1.29 is 10.0 Å². The first-order chi connectivity index (χ1) is 13.7. The average molecular weight is 393 g/mol. The van der Waals surface area contributed by atoms with Crippen molar-refractivity contribution in [2.75, 3.05) is 18.5 Å². The molecule has 0 aliphatic rings. The van der Waals surface area contributed by atoms with Crippen LogP contribution in [0.3, 0.4) is 0 Å². The molecule has 9 heteroatoms. The monoisotopic (exact) mass is 393 g/mol. The molecule has 140 valence electrons. The number of azo groups is 1. The predicted molar refractivity (Wildman–Crippen MR) is 110 cm³/mol. The van der Waals surface area contributed by atoms with Gasteiger partial charge in [-0.15, -0.1) is 10.2 Å². The second-order valence-corrected chi connectivity index (χ2v) is 6.94. The summed E-state index contributed by atoms with van der Waals surface area (Å²) < 4.78 is 0.691. The van der Waals surface area contributed by atoms with Crippen LogP contribution < -0.4 is 5.32 Å². The molecule has 0 saturated heterocycles. The number of aliphatic hydroxyl groups is 1. The number of non-ortho nitro benzene ring substituents is 1. The van der Waals surface area contributed by atoms with Crippen molar-refractivity contribution in [1.82, 2.24) is 4.98 Å². The van der Waals surface area contributed by atoms with E-state index in [4.69, 9.17) is 5.11 Å². The molecule has 0 spiro atoms. The molecule has 4 rings (SSSR count). The summed E-state index contributed by atoms with van der Waals surface area (Å²) in [5.74, 6) is 0. The molecule has 0 aliphatic heterocycles. The van der Waals surface area contributed by atoms with Gasteiger partial charge in [-0.05, 0) is 18.2 Å². The van der Waals surface area contributed by atoms with Crippen LogP contribution in [0.5, 0.6) is 0 Å². The highest BCUT2D eigenvalue weighted by atomic mass is 32.1. The van der Waals surface area contributed by atoms with Crippen molar-refractivity contribution in [3.05, 3.63) is 64.7 Å². The van der Waals surface area contributed by atoms with Gasteiger partial charge < -0.3 is 10.4 Å². The van der Waals surface area contributed by atoms with Crippen LogP contribution in [0.15, 0.2) is 64.8 Å². The van der Waals surface area contributed by atoms with Gasteiger partial charge in [0.05, 0.1) is 27.4 Å². The van der Waals surface area contributed by atoms with Crippen molar-refractivity contribution in [1.29, 1.82) is 0 Å². The van der Waals surface area contributed by atoms with E-state index in [-0.39, 0.29) is 12.3 Å². The topological polar surface area (TPSA) is 113 Å². The molecule has 0 radical (unpaired) electrons. The van der Waals surface area contributed by atoms with E-state index < -0.39 is 4.92 Å². The zero-order valence-corrected chi connectivity index (χ0v) is 15.4. The molecule has 3 aromatic carbocycles. The SMILES string of the molecule is O=[N+]([O-])c1ccc2nc(N=Nc3ccc(NCCO)c4ccccc34)sc2c1. The molecule has 28 heavy (non-hydrogen) atoms. The maximum absolute atomic E-state index is 10.9. The number of nitrogens with one attached hydrogen (secondary N) is 1. The third-order valence-corrected chi connectivity index (χ3v) is 5.05. The van der Waals surface area contributed by atoms with Crippen molar-refractivity contribution in [2.24, 2.45) is 10.2 Å². The van der Waals surface area contributed by atoms with Crippen molar-refractivity contribution in [3.8, 4) is 0 Å². The number of hydrogen-bond acceptors (Lipinski definition) is 8. The Morgan fingerprint density at radius 2 is 1.93 bits per heavy atom. The summed E-state index contributed by atoms with van der Waals surface area (Å²) in [5, 5.41) is 34.0. The van der Waals surface area contributed by atoms with E-state index in [1.807, 2.05) is 36.4 Å². The first-order valence-electron chi connectivity index (χ1n) is 8.49.